The molecule has 0 amide bonds. The zero-order valence-corrected chi connectivity index (χ0v) is 11.6. The number of rotatable bonds is 2. The van der Waals surface area contributed by atoms with Gasteiger partial charge in [0.25, 0.3) is 0 Å². The van der Waals surface area contributed by atoms with Gasteiger partial charge in [-0.05, 0) is 67.9 Å². The third-order valence-corrected chi connectivity index (χ3v) is 6.13. The average Bonchev–Trinajstić information content (AvgIpc) is 2.38. The van der Waals surface area contributed by atoms with Gasteiger partial charge >= 0.3 is 0 Å². The second-order valence-corrected chi connectivity index (χ2v) is 7.12. The Balaban J connectivity index is 1.73. The Kier molecular flexibility index (Phi) is 2.85. The van der Waals surface area contributed by atoms with Gasteiger partial charge in [0.2, 0.25) is 0 Å². The van der Waals surface area contributed by atoms with E-state index in [0.29, 0.717) is 5.41 Å². The van der Waals surface area contributed by atoms with E-state index in [4.69, 9.17) is 0 Å². The summed E-state index contributed by atoms with van der Waals surface area (Å²) < 4.78 is 0. The van der Waals surface area contributed by atoms with Gasteiger partial charge in [0.05, 0.1) is 0 Å². The van der Waals surface area contributed by atoms with Crippen LogP contribution in [0.25, 0.3) is 0 Å². The summed E-state index contributed by atoms with van der Waals surface area (Å²) in [6.45, 7) is 9.95. The molecule has 96 valence electrons. The summed E-state index contributed by atoms with van der Waals surface area (Å²) in [6.07, 6.45) is 8.21. The van der Waals surface area contributed by atoms with Gasteiger partial charge in [-0.1, -0.05) is 32.4 Å². The quantitative estimate of drug-likeness (QED) is 0.718. The minimum atomic E-state index is 0.602. The van der Waals surface area contributed by atoms with Crippen LogP contribution in [0, 0.1) is 29.1 Å². The summed E-state index contributed by atoms with van der Waals surface area (Å²) in [6, 6.07) is 0. The molecule has 1 N–H and O–H groups in total. The van der Waals surface area contributed by atoms with E-state index in [1.807, 2.05) is 5.57 Å². The van der Waals surface area contributed by atoms with Crippen LogP contribution in [0.1, 0.15) is 46.5 Å². The molecule has 0 aromatic rings. The molecule has 1 heteroatoms. The molecular weight excluding hydrogens is 206 g/mol. The van der Waals surface area contributed by atoms with Crippen molar-refractivity contribution in [3.63, 3.8) is 0 Å². The van der Waals surface area contributed by atoms with Crippen LogP contribution in [0.5, 0.6) is 0 Å². The first-order chi connectivity index (χ1) is 8.10. The maximum Gasteiger partial charge on any atom is -0.00461 e. The summed E-state index contributed by atoms with van der Waals surface area (Å²) in [5, 5.41) is 3.49. The van der Waals surface area contributed by atoms with Gasteiger partial charge in [-0.15, -0.1) is 0 Å². The topological polar surface area (TPSA) is 12.0 Å². The number of piperidine rings is 1. The molecule has 1 aliphatic heterocycles. The Labute approximate surface area is 106 Å². The highest BCUT2D eigenvalue weighted by atomic mass is 14.9. The Bertz CT molecular complexity index is 322. The first kappa shape index (κ1) is 11.8. The van der Waals surface area contributed by atoms with Crippen molar-refractivity contribution in [1.29, 1.82) is 0 Å². The molecule has 2 fully saturated rings. The maximum atomic E-state index is 3.49. The second-order valence-electron chi connectivity index (χ2n) is 7.12. The third-order valence-electron chi connectivity index (χ3n) is 6.13. The molecule has 4 rings (SSSR count). The van der Waals surface area contributed by atoms with Crippen molar-refractivity contribution < 1.29 is 0 Å². The molecular formula is C16H27N. The lowest BCUT2D eigenvalue weighted by molar-refractivity contribution is -0.0157. The lowest BCUT2D eigenvalue weighted by Gasteiger charge is -2.58. The van der Waals surface area contributed by atoms with Crippen LogP contribution in [0.3, 0.4) is 0 Å². The van der Waals surface area contributed by atoms with E-state index >= 15 is 0 Å². The third kappa shape index (κ3) is 1.78. The van der Waals surface area contributed by atoms with Gasteiger partial charge < -0.3 is 5.32 Å². The zero-order valence-electron chi connectivity index (χ0n) is 11.6. The van der Waals surface area contributed by atoms with E-state index in [9.17, 15) is 0 Å². The number of allylic oxidation sites excluding steroid dienone is 2. The van der Waals surface area contributed by atoms with Crippen molar-refractivity contribution >= 4 is 0 Å². The highest BCUT2D eigenvalue weighted by Gasteiger charge is 2.52. The van der Waals surface area contributed by atoms with Crippen molar-refractivity contribution in [3.05, 3.63) is 11.6 Å². The minimum Gasteiger partial charge on any atom is -0.317 e. The largest absolute Gasteiger partial charge is 0.317 e. The van der Waals surface area contributed by atoms with Crippen molar-refractivity contribution in [2.24, 2.45) is 29.1 Å². The first-order valence-corrected chi connectivity index (χ1v) is 7.51. The fraction of sp³-hybridized carbons (Fsp3) is 0.875. The molecule has 0 aromatic heterocycles. The van der Waals surface area contributed by atoms with Crippen molar-refractivity contribution in [2.45, 2.75) is 46.5 Å². The number of hydrogen-bond donors (Lipinski definition) is 1. The Morgan fingerprint density at radius 3 is 2.59 bits per heavy atom. The lowest BCUT2D eigenvalue weighted by Crippen LogP contribution is -2.49. The van der Waals surface area contributed by atoms with E-state index in [0.717, 1.165) is 23.7 Å². The molecule has 1 saturated carbocycles. The first-order valence-electron chi connectivity index (χ1n) is 7.51. The zero-order chi connectivity index (χ0) is 12.0. The number of nitrogens with one attached hydrogen (secondary N) is 1. The highest BCUT2D eigenvalue weighted by Crippen LogP contribution is 2.61. The molecule has 1 heterocycles. The van der Waals surface area contributed by atoms with E-state index in [1.54, 1.807) is 0 Å². The predicted molar refractivity (Wildman–Crippen MR) is 72.8 cm³/mol. The minimum absolute atomic E-state index is 0.602. The standard InChI is InChI=1S/C16H27N/c1-11(12-6-8-17-9-7-12)14-5-4-13-10-15(14)16(13,2)3/h5,11-13,15,17H,4,6-10H2,1-3H3. The molecule has 1 nitrogen and oxygen atoms in total. The number of fused-ring (bicyclic) bond motifs is 1. The van der Waals surface area contributed by atoms with Gasteiger partial charge in [0.15, 0.2) is 0 Å². The normalized spacial score (nSPS) is 38.2. The van der Waals surface area contributed by atoms with Crippen LogP contribution in [0.4, 0.5) is 0 Å². The summed E-state index contributed by atoms with van der Waals surface area (Å²) in [4.78, 5) is 0. The summed E-state index contributed by atoms with van der Waals surface area (Å²) >= 11 is 0. The molecule has 3 unspecified atom stereocenters. The molecule has 0 radical (unpaired) electrons. The van der Waals surface area contributed by atoms with Crippen molar-refractivity contribution in [1.82, 2.24) is 5.32 Å². The fourth-order valence-corrected chi connectivity index (χ4v) is 4.52. The molecule has 0 spiro atoms. The molecule has 0 aromatic carbocycles. The fourth-order valence-electron chi connectivity index (χ4n) is 4.52. The smallest absolute Gasteiger partial charge is 0.00461 e. The van der Waals surface area contributed by atoms with Crippen LogP contribution in [0.15, 0.2) is 11.6 Å². The van der Waals surface area contributed by atoms with Crippen molar-refractivity contribution in [2.75, 3.05) is 13.1 Å². The summed E-state index contributed by atoms with van der Waals surface area (Å²) in [5.74, 6) is 3.67. The van der Waals surface area contributed by atoms with Gasteiger partial charge in [-0.25, -0.2) is 0 Å². The van der Waals surface area contributed by atoms with Crippen LogP contribution in [-0.2, 0) is 0 Å². The molecule has 3 atom stereocenters. The summed E-state index contributed by atoms with van der Waals surface area (Å²) in [7, 11) is 0. The SMILES string of the molecule is CC(C1=CCC2CC1C2(C)C)C1CCNCC1. The van der Waals surface area contributed by atoms with E-state index in [2.05, 4.69) is 32.2 Å². The Morgan fingerprint density at radius 1 is 1.29 bits per heavy atom. The average molecular weight is 233 g/mol. The summed E-state index contributed by atoms with van der Waals surface area (Å²) in [5.41, 5.74) is 2.43. The molecule has 4 aliphatic rings. The van der Waals surface area contributed by atoms with E-state index in [-0.39, 0.29) is 0 Å². The number of hydrogen-bond acceptors (Lipinski definition) is 1. The van der Waals surface area contributed by atoms with Gasteiger partial charge in [-0.3, -0.25) is 0 Å². The molecule has 3 aliphatic carbocycles. The van der Waals surface area contributed by atoms with Gasteiger partial charge in [-0.2, -0.15) is 0 Å². The van der Waals surface area contributed by atoms with Crippen LogP contribution in [-0.4, -0.2) is 13.1 Å². The molecule has 1 saturated heterocycles. The lowest BCUT2D eigenvalue weighted by atomic mass is 9.47. The van der Waals surface area contributed by atoms with Crippen LogP contribution < -0.4 is 5.32 Å². The second kappa shape index (κ2) is 4.12. The van der Waals surface area contributed by atoms with E-state index < -0.39 is 0 Å². The van der Waals surface area contributed by atoms with Gasteiger partial charge in [0, 0.05) is 0 Å². The van der Waals surface area contributed by atoms with Crippen LogP contribution >= 0.6 is 0 Å². The highest BCUT2D eigenvalue weighted by molar-refractivity contribution is 5.25. The van der Waals surface area contributed by atoms with E-state index in [1.165, 1.54) is 38.8 Å². The predicted octanol–water partition coefficient (Wildman–Crippen LogP) is 3.61. The monoisotopic (exact) mass is 233 g/mol. The van der Waals surface area contributed by atoms with Gasteiger partial charge in [0.1, 0.15) is 0 Å². The maximum absolute atomic E-state index is 3.49. The van der Waals surface area contributed by atoms with Crippen LogP contribution in [0.2, 0.25) is 0 Å². The Morgan fingerprint density at radius 2 is 2.00 bits per heavy atom. The molecule has 2 bridgehead atoms. The Hall–Kier alpha value is -0.300. The molecule has 17 heavy (non-hydrogen) atoms. The van der Waals surface area contributed by atoms with Crippen molar-refractivity contribution in [3.8, 4) is 0 Å².